The van der Waals surface area contributed by atoms with Crippen LogP contribution in [0.15, 0.2) is 24.3 Å². The molecule has 0 saturated carbocycles. The van der Waals surface area contributed by atoms with E-state index in [-0.39, 0.29) is 0 Å². The molecule has 0 unspecified atom stereocenters. The summed E-state index contributed by atoms with van der Waals surface area (Å²) >= 11 is 5.91. The number of pyridine rings is 1. The van der Waals surface area contributed by atoms with Crippen LogP contribution in [0.1, 0.15) is 5.56 Å². The van der Waals surface area contributed by atoms with Crippen LogP contribution in [-0.4, -0.2) is 12.1 Å². The van der Waals surface area contributed by atoms with Gasteiger partial charge in [0.05, 0.1) is 12.6 Å². The molecular formula is C11H10ClNO. The van der Waals surface area contributed by atoms with Crippen LogP contribution in [0.5, 0.6) is 5.75 Å². The van der Waals surface area contributed by atoms with Gasteiger partial charge in [0.25, 0.3) is 0 Å². The number of ether oxygens (including phenoxy) is 1. The first-order chi connectivity index (χ1) is 6.70. The van der Waals surface area contributed by atoms with Gasteiger partial charge in [0.15, 0.2) is 10.9 Å². The number of aromatic nitrogens is 1. The Hall–Kier alpha value is -1.28. The van der Waals surface area contributed by atoms with Gasteiger partial charge in [-0.1, -0.05) is 23.2 Å². The highest BCUT2D eigenvalue weighted by atomic mass is 35.5. The number of fused-ring (bicyclic) bond motifs is 1. The Kier molecular flexibility index (Phi) is 2.30. The van der Waals surface area contributed by atoms with E-state index in [2.05, 4.69) is 11.1 Å². The summed E-state index contributed by atoms with van der Waals surface area (Å²) in [6, 6.07) is 7.92. The van der Waals surface area contributed by atoms with Crippen LogP contribution in [0.3, 0.4) is 0 Å². The second-order valence-corrected chi connectivity index (χ2v) is 3.54. The first-order valence-corrected chi connectivity index (χ1v) is 4.69. The Morgan fingerprint density at radius 3 is 2.79 bits per heavy atom. The molecule has 1 heterocycles. The molecule has 2 rings (SSSR count). The smallest absolute Gasteiger partial charge is 0.171 e. The Bertz CT molecular complexity index is 482. The first-order valence-electron chi connectivity index (χ1n) is 4.31. The molecule has 0 fully saturated rings. The molecule has 0 aliphatic heterocycles. The maximum atomic E-state index is 5.91. The second-order valence-electron chi connectivity index (χ2n) is 3.18. The lowest BCUT2D eigenvalue weighted by molar-refractivity contribution is 0.414. The van der Waals surface area contributed by atoms with Crippen molar-refractivity contribution in [2.45, 2.75) is 6.92 Å². The van der Waals surface area contributed by atoms with Gasteiger partial charge in [0.2, 0.25) is 0 Å². The zero-order valence-electron chi connectivity index (χ0n) is 8.04. The standard InChI is InChI=1S/C11H10ClNO/c1-7-3-4-9-8(5-7)6-10(14-2)11(12)13-9/h3-6H,1-2H3. The molecule has 0 aliphatic rings. The molecule has 3 heteroatoms. The Labute approximate surface area is 87.5 Å². The van der Waals surface area contributed by atoms with Crippen molar-refractivity contribution in [3.8, 4) is 5.75 Å². The number of hydrogen-bond acceptors (Lipinski definition) is 2. The van der Waals surface area contributed by atoms with Crippen molar-refractivity contribution in [1.29, 1.82) is 0 Å². The van der Waals surface area contributed by atoms with Crippen molar-refractivity contribution in [3.63, 3.8) is 0 Å². The average Bonchev–Trinajstić information content (AvgIpc) is 2.17. The quantitative estimate of drug-likeness (QED) is 0.670. The van der Waals surface area contributed by atoms with Crippen LogP contribution in [-0.2, 0) is 0 Å². The minimum absolute atomic E-state index is 0.406. The zero-order valence-corrected chi connectivity index (χ0v) is 8.80. The molecule has 0 radical (unpaired) electrons. The van der Waals surface area contributed by atoms with Crippen molar-refractivity contribution < 1.29 is 4.74 Å². The van der Waals surface area contributed by atoms with Crippen molar-refractivity contribution >= 4 is 22.5 Å². The predicted octanol–water partition coefficient (Wildman–Crippen LogP) is 3.21. The van der Waals surface area contributed by atoms with Gasteiger partial charge in [-0.25, -0.2) is 4.98 Å². The highest BCUT2D eigenvalue weighted by molar-refractivity contribution is 6.31. The molecule has 14 heavy (non-hydrogen) atoms. The highest BCUT2D eigenvalue weighted by Gasteiger charge is 2.04. The molecule has 72 valence electrons. The normalized spacial score (nSPS) is 10.5. The number of rotatable bonds is 1. The van der Waals surface area contributed by atoms with Crippen molar-refractivity contribution in [3.05, 3.63) is 35.0 Å². The number of hydrogen-bond donors (Lipinski definition) is 0. The molecular weight excluding hydrogens is 198 g/mol. The fraction of sp³-hybridized carbons (Fsp3) is 0.182. The third-order valence-corrected chi connectivity index (χ3v) is 2.38. The van der Waals surface area contributed by atoms with E-state index in [4.69, 9.17) is 16.3 Å². The largest absolute Gasteiger partial charge is 0.494 e. The maximum Gasteiger partial charge on any atom is 0.171 e. The monoisotopic (exact) mass is 207 g/mol. The summed E-state index contributed by atoms with van der Waals surface area (Å²) in [4.78, 5) is 4.23. The Morgan fingerprint density at radius 1 is 1.29 bits per heavy atom. The van der Waals surface area contributed by atoms with E-state index in [0.29, 0.717) is 10.9 Å². The first kappa shape index (κ1) is 9.28. The van der Waals surface area contributed by atoms with E-state index in [1.54, 1.807) is 7.11 Å². The van der Waals surface area contributed by atoms with Crippen LogP contribution in [0.4, 0.5) is 0 Å². The van der Waals surface area contributed by atoms with E-state index in [9.17, 15) is 0 Å². The molecule has 0 atom stereocenters. The summed E-state index contributed by atoms with van der Waals surface area (Å²) in [7, 11) is 1.59. The fourth-order valence-electron chi connectivity index (χ4n) is 1.40. The van der Waals surface area contributed by atoms with Gasteiger partial charge in [0.1, 0.15) is 0 Å². The van der Waals surface area contributed by atoms with Crippen molar-refractivity contribution in [2.75, 3.05) is 7.11 Å². The second kappa shape index (κ2) is 3.46. The number of methoxy groups -OCH3 is 1. The SMILES string of the molecule is COc1cc2cc(C)ccc2nc1Cl. The van der Waals surface area contributed by atoms with Crippen molar-refractivity contribution in [2.24, 2.45) is 0 Å². The highest BCUT2D eigenvalue weighted by Crippen LogP contribution is 2.26. The lowest BCUT2D eigenvalue weighted by Crippen LogP contribution is -1.88. The van der Waals surface area contributed by atoms with Crippen LogP contribution < -0.4 is 4.74 Å². The predicted molar refractivity (Wildman–Crippen MR) is 58.0 cm³/mol. The van der Waals surface area contributed by atoms with Crippen LogP contribution in [0.2, 0.25) is 5.15 Å². The molecule has 0 saturated heterocycles. The zero-order chi connectivity index (χ0) is 10.1. The lowest BCUT2D eigenvalue weighted by Gasteiger charge is -2.04. The molecule has 0 bridgehead atoms. The van der Waals surface area contributed by atoms with E-state index in [1.165, 1.54) is 5.56 Å². The maximum absolute atomic E-state index is 5.91. The summed E-state index contributed by atoms with van der Waals surface area (Å²) in [5.41, 5.74) is 2.09. The topological polar surface area (TPSA) is 22.1 Å². The van der Waals surface area contributed by atoms with Gasteiger partial charge in [-0.2, -0.15) is 0 Å². The number of benzene rings is 1. The van der Waals surface area contributed by atoms with E-state index in [1.807, 2.05) is 25.1 Å². The third-order valence-electron chi connectivity index (χ3n) is 2.11. The Morgan fingerprint density at radius 2 is 2.07 bits per heavy atom. The molecule has 2 nitrogen and oxygen atoms in total. The third kappa shape index (κ3) is 1.53. The molecule has 0 aliphatic carbocycles. The van der Waals surface area contributed by atoms with Crippen molar-refractivity contribution in [1.82, 2.24) is 4.98 Å². The molecule has 0 spiro atoms. The number of halogens is 1. The van der Waals surface area contributed by atoms with Crippen LogP contribution >= 0.6 is 11.6 Å². The minimum Gasteiger partial charge on any atom is -0.494 e. The number of nitrogens with zero attached hydrogens (tertiary/aromatic N) is 1. The summed E-state index contributed by atoms with van der Waals surface area (Å²) in [6.45, 7) is 2.04. The van der Waals surface area contributed by atoms with Gasteiger partial charge < -0.3 is 4.74 Å². The van der Waals surface area contributed by atoms with Gasteiger partial charge in [-0.15, -0.1) is 0 Å². The molecule has 2 aromatic rings. The summed E-state index contributed by atoms with van der Waals surface area (Å²) in [5, 5.41) is 1.45. The summed E-state index contributed by atoms with van der Waals surface area (Å²) < 4.78 is 5.10. The van der Waals surface area contributed by atoms with Gasteiger partial charge >= 0.3 is 0 Å². The molecule has 0 N–H and O–H groups in total. The molecule has 1 aromatic heterocycles. The lowest BCUT2D eigenvalue weighted by atomic mass is 10.1. The van der Waals surface area contributed by atoms with E-state index in [0.717, 1.165) is 10.9 Å². The van der Waals surface area contributed by atoms with E-state index >= 15 is 0 Å². The Balaban J connectivity index is 2.73. The summed E-state index contributed by atoms with van der Waals surface area (Å²) in [6.07, 6.45) is 0. The average molecular weight is 208 g/mol. The van der Waals surface area contributed by atoms with E-state index < -0.39 is 0 Å². The molecule has 1 aromatic carbocycles. The summed E-state index contributed by atoms with van der Waals surface area (Å²) in [5.74, 6) is 0.616. The van der Waals surface area contributed by atoms with Gasteiger partial charge in [0, 0.05) is 5.39 Å². The molecule has 0 amide bonds. The van der Waals surface area contributed by atoms with Gasteiger partial charge in [-0.3, -0.25) is 0 Å². The van der Waals surface area contributed by atoms with Crippen LogP contribution in [0, 0.1) is 6.92 Å². The fourth-order valence-corrected chi connectivity index (χ4v) is 1.62. The van der Waals surface area contributed by atoms with Crippen LogP contribution in [0.25, 0.3) is 10.9 Å². The van der Waals surface area contributed by atoms with Gasteiger partial charge in [-0.05, 0) is 25.1 Å². The number of aryl methyl sites for hydroxylation is 1. The minimum atomic E-state index is 0.406.